The number of rotatable bonds is 12. The molecule has 2 aromatic rings. The van der Waals surface area contributed by atoms with Gasteiger partial charge in [-0.25, -0.2) is 4.99 Å². The maximum atomic E-state index is 12.5. The fraction of sp³-hybridized carbons (Fsp3) is 0.440. The van der Waals surface area contributed by atoms with E-state index in [0.29, 0.717) is 44.4 Å². The molecule has 0 heterocycles. The predicted octanol–water partition coefficient (Wildman–Crippen LogP) is 4.78. The molecule has 2 aromatic carbocycles. The summed E-state index contributed by atoms with van der Waals surface area (Å²) in [5, 5.41) is 6.59. The summed E-state index contributed by atoms with van der Waals surface area (Å²) >= 11 is 0. The molecular formula is C25H37IN4O3. The van der Waals surface area contributed by atoms with Crippen molar-refractivity contribution in [2.75, 3.05) is 45.3 Å². The van der Waals surface area contributed by atoms with Gasteiger partial charge >= 0.3 is 0 Å². The third-order valence-electron chi connectivity index (χ3n) is 4.87. The van der Waals surface area contributed by atoms with Gasteiger partial charge < -0.3 is 25.0 Å². The largest absolute Gasteiger partial charge is 0.493 e. The van der Waals surface area contributed by atoms with E-state index < -0.39 is 0 Å². The first kappa shape index (κ1) is 28.7. The fourth-order valence-electron chi connectivity index (χ4n) is 3.12. The van der Waals surface area contributed by atoms with E-state index in [9.17, 15) is 4.79 Å². The van der Waals surface area contributed by atoms with Gasteiger partial charge in [0.15, 0.2) is 5.96 Å². The number of carbonyl (C=O) groups is 1. The van der Waals surface area contributed by atoms with E-state index >= 15 is 0 Å². The SMILES string of the molecule is CCNC(=NCc1ccc(C(=O)N(CC)CC)cc1)Nc1cccc(OCCCOC)c1.I. The molecule has 0 spiro atoms. The van der Waals surface area contributed by atoms with Gasteiger partial charge in [-0.1, -0.05) is 18.2 Å². The quantitative estimate of drug-likeness (QED) is 0.167. The van der Waals surface area contributed by atoms with E-state index in [2.05, 4.69) is 15.6 Å². The number of guanidine groups is 1. The molecule has 0 aromatic heterocycles. The molecule has 0 atom stereocenters. The maximum absolute atomic E-state index is 12.5. The fourth-order valence-corrected chi connectivity index (χ4v) is 3.12. The van der Waals surface area contributed by atoms with Crippen LogP contribution in [0, 0.1) is 0 Å². The smallest absolute Gasteiger partial charge is 0.253 e. The van der Waals surface area contributed by atoms with Crippen molar-refractivity contribution in [3.05, 3.63) is 59.7 Å². The number of nitrogens with one attached hydrogen (secondary N) is 2. The molecule has 33 heavy (non-hydrogen) atoms. The highest BCUT2D eigenvalue weighted by Crippen LogP contribution is 2.17. The molecule has 0 bridgehead atoms. The van der Waals surface area contributed by atoms with E-state index in [1.54, 1.807) is 7.11 Å². The number of ether oxygens (including phenoxy) is 2. The van der Waals surface area contributed by atoms with E-state index in [4.69, 9.17) is 9.47 Å². The van der Waals surface area contributed by atoms with E-state index in [1.165, 1.54) is 0 Å². The van der Waals surface area contributed by atoms with Crippen LogP contribution in [0.5, 0.6) is 5.75 Å². The molecule has 0 saturated carbocycles. The van der Waals surface area contributed by atoms with Crippen molar-refractivity contribution in [3.63, 3.8) is 0 Å². The number of benzene rings is 2. The molecule has 2 rings (SSSR count). The molecule has 0 fully saturated rings. The number of hydrogen-bond donors (Lipinski definition) is 2. The summed E-state index contributed by atoms with van der Waals surface area (Å²) in [5.74, 6) is 1.55. The van der Waals surface area contributed by atoms with Crippen molar-refractivity contribution in [3.8, 4) is 5.75 Å². The number of hydrogen-bond acceptors (Lipinski definition) is 4. The van der Waals surface area contributed by atoms with Gasteiger partial charge in [0.1, 0.15) is 5.75 Å². The molecule has 1 amide bonds. The first-order valence-electron chi connectivity index (χ1n) is 11.3. The van der Waals surface area contributed by atoms with E-state index in [0.717, 1.165) is 30.0 Å². The van der Waals surface area contributed by atoms with Gasteiger partial charge in [-0.15, -0.1) is 24.0 Å². The number of carbonyl (C=O) groups excluding carboxylic acids is 1. The van der Waals surface area contributed by atoms with Crippen LogP contribution in [-0.2, 0) is 11.3 Å². The molecular weight excluding hydrogens is 531 g/mol. The summed E-state index contributed by atoms with van der Waals surface area (Å²) in [4.78, 5) is 19.0. The minimum Gasteiger partial charge on any atom is -0.493 e. The van der Waals surface area contributed by atoms with Crippen LogP contribution in [0.15, 0.2) is 53.5 Å². The van der Waals surface area contributed by atoms with Crippen molar-refractivity contribution in [2.45, 2.75) is 33.7 Å². The van der Waals surface area contributed by atoms with Crippen LogP contribution in [0.4, 0.5) is 5.69 Å². The van der Waals surface area contributed by atoms with Crippen molar-refractivity contribution < 1.29 is 14.3 Å². The molecule has 0 aliphatic carbocycles. The Bertz CT molecular complexity index is 855. The zero-order valence-corrected chi connectivity index (χ0v) is 22.4. The van der Waals surface area contributed by atoms with Crippen LogP contribution in [0.1, 0.15) is 43.1 Å². The van der Waals surface area contributed by atoms with Gasteiger partial charge in [0.25, 0.3) is 5.91 Å². The molecule has 7 nitrogen and oxygen atoms in total. The van der Waals surface area contributed by atoms with Crippen LogP contribution in [0.3, 0.4) is 0 Å². The summed E-state index contributed by atoms with van der Waals surface area (Å²) in [6.07, 6.45) is 0.845. The van der Waals surface area contributed by atoms with Crippen LogP contribution in [0.25, 0.3) is 0 Å². The van der Waals surface area contributed by atoms with E-state index in [-0.39, 0.29) is 29.9 Å². The minimum atomic E-state index is 0. The van der Waals surface area contributed by atoms with Crippen molar-refractivity contribution >= 4 is 41.5 Å². The van der Waals surface area contributed by atoms with Crippen LogP contribution >= 0.6 is 24.0 Å². The van der Waals surface area contributed by atoms with Gasteiger partial charge in [0.05, 0.1) is 13.2 Å². The Labute approximate surface area is 215 Å². The number of nitrogens with zero attached hydrogens (tertiary/aromatic N) is 2. The Morgan fingerprint density at radius 2 is 1.76 bits per heavy atom. The molecule has 182 valence electrons. The zero-order chi connectivity index (χ0) is 23.2. The second-order valence-electron chi connectivity index (χ2n) is 7.22. The zero-order valence-electron chi connectivity index (χ0n) is 20.1. The highest BCUT2D eigenvalue weighted by atomic mass is 127. The normalized spacial score (nSPS) is 10.8. The molecule has 0 radical (unpaired) electrons. The number of aliphatic imine (C=N–C) groups is 1. The Morgan fingerprint density at radius 1 is 1.03 bits per heavy atom. The summed E-state index contributed by atoms with van der Waals surface area (Å²) in [6.45, 7) is 9.96. The lowest BCUT2D eigenvalue weighted by atomic mass is 10.1. The third kappa shape index (κ3) is 10.00. The number of methoxy groups -OCH3 is 1. The van der Waals surface area contributed by atoms with Gasteiger partial charge in [0.2, 0.25) is 0 Å². The van der Waals surface area contributed by atoms with Gasteiger partial charge in [-0.05, 0) is 50.6 Å². The molecule has 0 saturated heterocycles. The number of halogens is 1. The molecule has 0 aliphatic rings. The highest BCUT2D eigenvalue weighted by molar-refractivity contribution is 14.0. The minimum absolute atomic E-state index is 0. The van der Waals surface area contributed by atoms with Crippen LogP contribution in [-0.4, -0.2) is 56.7 Å². The first-order chi connectivity index (χ1) is 15.6. The van der Waals surface area contributed by atoms with Gasteiger partial charge in [0, 0.05) is 57.1 Å². The van der Waals surface area contributed by atoms with Gasteiger partial charge in [-0.3, -0.25) is 4.79 Å². The Morgan fingerprint density at radius 3 is 2.39 bits per heavy atom. The lowest BCUT2D eigenvalue weighted by Gasteiger charge is -2.18. The Balaban J connectivity index is 0.00000544. The standard InChI is InChI=1S/C25H36N4O3.HI/c1-5-26-25(28-22-10-8-11-23(18-22)32-17-9-16-31-4)27-19-20-12-14-21(15-13-20)24(30)29(6-2)7-3;/h8,10-15,18H,5-7,9,16-17,19H2,1-4H3,(H2,26,27,28);1H. The lowest BCUT2D eigenvalue weighted by molar-refractivity contribution is 0.0773. The second-order valence-corrected chi connectivity index (χ2v) is 7.22. The average molecular weight is 569 g/mol. The summed E-state index contributed by atoms with van der Waals surface area (Å²) in [6, 6.07) is 15.5. The van der Waals surface area contributed by atoms with Crippen LogP contribution < -0.4 is 15.4 Å². The Hall–Kier alpha value is -2.33. The molecule has 0 aliphatic heterocycles. The van der Waals surface area contributed by atoms with E-state index in [1.807, 2.05) is 74.2 Å². The number of anilines is 1. The van der Waals surface area contributed by atoms with Crippen LogP contribution in [0.2, 0.25) is 0 Å². The first-order valence-corrected chi connectivity index (χ1v) is 11.3. The van der Waals surface area contributed by atoms with Crippen molar-refractivity contribution in [1.29, 1.82) is 0 Å². The maximum Gasteiger partial charge on any atom is 0.253 e. The van der Waals surface area contributed by atoms with Crippen molar-refractivity contribution in [1.82, 2.24) is 10.2 Å². The predicted molar refractivity (Wildman–Crippen MR) is 146 cm³/mol. The molecule has 2 N–H and O–H groups in total. The number of amides is 1. The third-order valence-corrected chi connectivity index (χ3v) is 4.87. The monoisotopic (exact) mass is 568 g/mol. The second kappa shape index (κ2) is 16.3. The summed E-state index contributed by atoms with van der Waals surface area (Å²) in [5.41, 5.74) is 2.64. The topological polar surface area (TPSA) is 75.2 Å². The average Bonchev–Trinajstić information content (AvgIpc) is 2.82. The highest BCUT2D eigenvalue weighted by Gasteiger charge is 2.11. The summed E-state index contributed by atoms with van der Waals surface area (Å²) < 4.78 is 10.8. The molecule has 0 unspecified atom stereocenters. The van der Waals surface area contributed by atoms with Gasteiger partial charge in [-0.2, -0.15) is 0 Å². The van der Waals surface area contributed by atoms with Crippen molar-refractivity contribution in [2.24, 2.45) is 4.99 Å². The Kier molecular flexibility index (Phi) is 14.2. The summed E-state index contributed by atoms with van der Waals surface area (Å²) in [7, 11) is 1.69. The lowest BCUT2D eigenvalue weighted by Crippen LogP contribution is -2.30. The molecule has 8 heteroatoms.